The van der Waals surface area contributed by atoms with Gasteiger partial charge in [-0.3, -0.25) is 9.59 Å². The van der Waals surface area contributed by atoms with Crippen molar-refractivity contribution in [2.24, 2.45) is 0 Å². The van der Waals surface area contributed by atoms with Gasteiger partial charge in [0.1, 0.15) is 11.4 Å². The van der Waals surface area contributed by atoms with Gasteiger partial charge >= 0.3 is 6.18 Å². The van der Waals surface area contributed by atoms with E-state index >= 15 is 0 Å². The van der Waals surface area contributed by atoms with Crippen molar-refractivity contribution in [3.05, 3.63) is 68.9 Å². The number of anilines is 2. The highest BCUT2D eigenvalue weighted by Crippen LogP contribution is 2.32. The molecule has 3 aromatic heterocycles. The molecule has 4 aromatic rings. The number of nitrogens with one attached hydrogen (secondary N) is 2. The largest absolute Gasteiger partial charge is 0.488 e. The lowest BCUT2D eigenvalue weighted by molar-refractivity contribution is -0.138. The first kappa shape index (κ1) is 27.5. The molecule has 0 bridgehead atoms. The number of nitrogen functional groups attached to an aromatic ring is 1. The Balaban J connectivity index is 1.48. The van der Waals surface area contributed by atoms with E-state index in [1.54, 1.807) is 31.2 Å². The maximum absolute atomic E-state index is 15.0. The van der Waals surface area contributed by atoms with E-state index in [1.165, 1.54) is 16.8 Å². The van der Waals surface area contributed by atoms with Crippen molar-refractivity contribution < 1.29 is 22.3 Å². The molecule has 4 rings (SSSR count). The first-order valence-electron chi connectivity index (χ1n) is 12.0. The molecule has 39 heavy (non-hydrogen) atoms. The molecule has 0 radical (unpaired) electrons. The lowest BCUT2D eigenvalue weighted by atomic mass is 10.1. The SMILES string of the molecule is CCOc1cnc(-c2cc3ccn(CCC[C@H](C)Nc4cn[nH]c(=O)c4C(F)(F)F)c(=O)c3cc2F)nc1N. The smallest absolute Gasteiger partial charge is 0.423 e. The van der Waals surface area contributed by atoms with Crippen molar-refractivity contribution in [2.75, 3.05) is 17.7 Å². The fourth-order valence-corrected chi connectivity index (χ4v) is 4.13. The number of pyridine rings is 1. The third-order valence-corrected chi connectivity index (χ3v) is 5.97. The lowest BCUT2D eigenvalue weighted by Crippen LogP contribution is -2.27. The minimum atomic E-state index is -4.85. The summed E-state index contributed by atoms with van der Waals surface area (Å²) in [4.78, 5) is 32.9. The summed E-state index contributed by atoms with van der Waals surface area (Å²) in [7, 11) is 0. The number of alkyl halides is 3. The monoisotopic (exact) mass is 547 g/mol. The number of ether oxygens (including phenoxy) is 1. The molecule has 0 spiro atoms. The average Bonchev–Trinajstić information content (AvgIpc) is 2.86. The zero-order chi connectivity index (χ0) is 28.3. The molecule has 0 fully saturated rings. The zero-order valence-corrected chi connectivity index (χ0v) is 21.0. The molecule has 0 saturated carbocycles. The van der Waals surface area contributed by atoms with Gasteiger partial charge in [0.25, 0.3) is 11.1 Å². The van der Waals surface area contributed by atoms with Gasteiger partial charge in [0.15, 0.2) is 17.4 Å². The molecular weight excluding hydrogens is 522 g/mol. The number of benzene rings is 1. The summed E-state index contributed by atoms with van der Waals surface area (Å²) in [5.74, 6) is -0.314. The number of aromatic amines is 1. The van der Waals surface area contributed by atoms with Crippen LogP contribution in [0.15, 0.2) is 46.4 Å². The number of nitrogens with two attached hydrogens (primary N) is 1. The summed E-state index contributed by atoms with van der Waals surface area (Å²) >= 11 is 0. The number of fused-ring (bicyclic) bond motifs is 1. The number of H-pyrrole nitrogens is 1. The van der Waals surface area contributed by atoms with E-state index in [4.69, 9.17) is 10.5 Å². The topological polar surface area (TPSA) is 141 Å². The van der Waals surface area contributed by atoms with Gasteiger partial charge in [0.2, 0.25) is 0 Å². The Morgan fingerprint density at radius 1 is 1.23 bits per heavy atom. The zero-order valence-electron chi connectivity index (χ0n) is 21.0. The Morgan fingerprint density at radius 2 is 2.00 bits per heavy atom. The first-order valence-corrected chi connectivity index (χ1v) is 12.0. The number of hydrogen-bond acceptors (Lipinski definition) is 8. The second-order valence-electron chi connectivity index (χ2n) is 8.78. The summed E-state index contributed by atoms with van der Waals surface area (Å²) in [5, 5.41) is 8.50. The van der Waals surface area contributed by atoms with Gasteiger partial charge in [0, 0.05) is 18.8 Å². The maximum atomic E-state index is 15.0. The highest BCUT2D eigenvalue weighted by atomic mass is 19.4. The number of halogens is 4. The Morgan fingerprint density at radius 3 is 2.69 bits per heavy atom. The fraction of sp³-hybridized carbons (Fsp3) is 0.320. The molecule has 0 aliphatic carbocycles. The maximum Gasteiger partial charge on any atom is 0.423 e. The van der Waals surface area contributed by atoms with Crippen molar-refractivity contribution in [3.8, 4) is 17.1 Å². The van der Waals surface area contributed by atoms with E-state index in [2.05, 4.69) is 20.4 Å². The molecule has 0 amide bonds. The van der Waals surface area contributed by atoms with Gasteiger partial charge in [-0.1, -0.05) is 0 Å². The molecule has 1 atom stereocenters. The average molecular weight is 548 g/mol. The van der Waals surface area contributed by atoms with E-state index in [-0.39, 0.29) is 34.9 Å². The van der Waals surface area contributed by atoms with Crippen LogP contribution >= 0.6 is 0 Å². The number of aryl methyl sites for hydroxylation is 1. The van der Waals surface area contributed by atoms with Crippen LogP contribution in [-0.2, 0) is 12.7 Å². The van der Waals surface area contributed by atoms with Gasteiger partial charge < -0.3 is 20.4 Å². The third kappa shape index (κ3) is 5.99. The quantitative estimate of drug-likeness (QED) is 0.268. The van der Waals surface area contributed by atoms with Crippen LogP contribution in [-0.4, -0.2) is 37.4 Å². The molecule has 1 aromatic carbocycles. The summed E-state index contributed by atoms with van der Waals surface area (Å²) in [6.45, 7) is 4.03. The van der Waals surface area contributed by atoms with Crippen molar-refractivity contribution in [2.45, 2.75) is 45.5 Å². The van der Waals surface area contributed by atoms with Crippen LogP contribution < -0.4 is 26.9 Å². The number of hydrogen-bond donors (Lipinski definition) is 3. The van der Waals surface area contributed by atoms with E-state index in [0.29, 0.717) is 24.8 Å². The van der Waals surface area contributed by atoms with Gasteiger partial charge in [-0.05, 0) is 50.3 Å². The van der Waals surface area contributed by atoms with Crippen molar-refractivity contribution in [3.63, 3.8) is 0 Å². The molecule has 14 heteroatoms. The number of rotatable bonds is 9. The molecule has 10 nitrogen and oxygen atoms in total. The summed E-state index contributed by atoms with van der Waals surface area (Å²) in [6, 6.07) is 3.76. The van der Waals surface area contributed by atoms with Crippen LogP contribution in [0.3, 0.4) is 0 Å². The van der Waals surface area contributed by atoms with Gasteiger partial charge in [-0.25, -0.2) is 19.5 Å². The van der Waals surface area contributed by atoms with Crippen molar-refractivity contribution in [1.29, 1.82) is 0 Å². The molecule has 206 valence electrons. The molecule has 0 unspecified atom stereocenters. The molecule has 0 aliphatic heterocycles. The van der Waals surface area contributed by atoms with E-state index in [1.807, 2.05) is 0 Å². The van der Waals surface area contributed by atoms with E-state index in [0.717, 1.165) is 12.3 Å². The standard InChI is InChI=1S/C25H25F4N7O3/c1-3-39-19-12-31-22(34-21(19)30)16-9-14-6-8-36(24(38)15(14)10-17(16)26)7-4-5-13(2)33-18-11-32-35-23(37)20(18)25(27,28)29/h6,8-13H,3-5,7H2,1-2H3,(H2,30,31,34)(H2,33,35,37)/t13-/m0/s1. The molecule has 3 heterocycles. The predicted octanol–water partition coefficient (Wildman–Crippen LogP) is 3.96. The predicted molar refractivity (Wildman–Crippen MR) is 137 cm³/mol. The Hall–Kier alpha value is -4.49. The van der Waals surface area contributed by atoms with Crippen LogP contribution in [0.1, 0.15) is 32.3 Å². The van der Waals surface area contributed by atoms with Crippen LogP contribution in [0.2, 0.25) is 0 Å². The molecule has 0 aliphatic rings. The fourth-order valence-electron chi connectivity index (χ4n) is 4.13. The minimum Gasteiger partial charge on any atom is -0.488 e. The molecular formula is C25H25F4N7O3. The summed E-state index contributed by atoms with van der Waals surface area (Å²) in [5.41, 5.74) is 2.40. The van der Waals surface area contributed by atoms with Crippen LogP contribution in [0, 0.1) is 5.82 Å². The van der Waals surface area contributed by atoms with Gasteiger partial charge in [-0.2, -0.15) is 18.3 Å². The summed E-state index contributed by atoms with van der Waals surface area (Å²) < 4.78 is 61.4. The highest BCUT2D eigenvalue weighted by molar-refractivity contribution is 5.86. The first-order chi connectivity index (χ1) is 18.5. The van der Waals surface area contributed by atoms with Gasteiger partial charge in [-0.15, -0.1) is 0 Å². The van der Waals surface area contributed by atoms with E-state index < -0.39 is 40.4 Å². The number of nitrogens with zero attached hydrogens (tertiary/aromatic N) is 4. The van der Waals surface area contributed by atoms with Crippen LogP contribution in [0.25, 0.3) is 22.2 Å². The van der Waals surface area contributed by atoms with E-state index in [9.17, 15) is 27.2 Å². The third-order valence-electron chi connectivity index (χ3n) is 5.97. The Bertz CT molecular complexity index is 1620. The lowest BCUT2D eigenvalue weighted by Gasteiger charge is -2.18. The molecule has 0 saturated heterocycles. The second-order valence-corrected chi connectivity index (χ2v) is 8.78. The second kappa shape index (κ2) is 11.1. The summed E-state index contributed by atoms with van der Waals surface area (Å²) in [6.07, 6.45) is -0.243. The minimum absolute atomic E-state index is 0.0466. The molecule has 4 N–H and O–H groups in total. The van der Waals surface area contributed by atoms with Crippen LogP contribution in [0.4, 0.5) is 29.1 Å². The normalized spacial score (nSPS) is 12.5. The van der Waals surface area contributed by atoms with Crippen molar-refractivity contribution >= 4 is 22.3 Å². The van der Waals surface area contributed by atoms with Crippen molar-refractivity contribution in [1.82, 2.24) is 24.7 Å². The Labute approximate surface area is 218 Å². The van der Waals surface area contributed by atoms with Gasteiger partial charge in [0.05, 0.1) is 35.6 Å². The number of aromatic nitrogens is 5. The Kier molecular flexibility index (Phi) is 7.83. The van der Waals surface area contributed by atoms with Crippen LogP contribution in [0.5, 0.6) is 5.75 Å². The highest BCUT2D eigenvalue weighted by Gasteiger charge is 2.37.